The molecule has 28 heavy (non-hydrogen) atoms. The first-order valence-electron chi connectivity index (χ1n) is 7.57. The van der Waals surface area contributed by atoms with Gasteiger partial charge >= 0.3 is 0 Å². The molecule has 0 saturated carbocycles. The van der Waals surface area contributed by atoms with Crippen molar-refractivity contribution in [2.24, 2.45) is 0 Å². The number of hydrogen-bond donors (Lipinski definition) is 1. The van der Waals surface area contributed by atoms with Crippen molar-refractivity contribution in [1.29, 1.82) is 0 Å². The van der Waals surface area contributed by atoms with Crippen molar-refractivity contribution >= 4 is 46.4 Å². The lowest BCUT2D eigenvalue weighted by molar-refractivity contribution is -0.384. The number of benzene rings is 2. The van der Waals surface area contributed by atoms with Crippen LogP contribution in [0.1, 0.15) is 20.7 Å². The maximum atomic E-state index is 12.4. The summed E-state index contributed by atoms with van der Waals surface area (Å²) in [5.74, 6) is -2.56. The number of fused-ring (bicyclic) bond motifs is 1. The van der Waals surface area contributed by atoms with Gasteiger partial charge in [0.25, 0.3) is 23.2 Å². The molecule has 0 atom stereocenters. The fourth-order valence-electron chi connectivity index (χ4n) is 2.64. The Morgan fingerprint density at radius 3 is 2.32 bits per heavy atom. The van der Waals surface area contributed by atoms with Crippen LogP contribution in [0.2, 0.25) is 5.02 Å². The molecule has 0 fully saturated rings. The minimum Gasteiger partial charge on any atom is -0.319 e. The van der Waals surface area contributed by atoms with E-state index in [2.05, 4.69) is 5.32 Å². The van der Waals surface area contributed by atoms with E-state index in [1.165, 1.54) is 6.07 Å². The molecule has 0 saturated heterocycles. The number of carbonyl (C=O) groups is 3. The highest BCUT2D eigenvalue weighted by Gasteiger charge is 2.38. The summed E-state index contributed by atoms with van der Waals surface area (Å²) < 4.78 is 0. The zero-order valence-electron chi connectivity index (χ0n) is 13.7. The molecule has 1 N–H and O–H groups in total. The molecule has 0 bridgehead atoms. The van der Waals surface area contributed by atoms with Gasteiger partial charge in [0.1, 0.15) is 12.2 Å². The van der Waals surface area contributed by atoms with E-state index in [0.29, 0.717) is 4.90 Å². The number of nitro benzene ring substituents is 2. The number of anilines is 1. The third kappa shape index (κ3) is 3.38. The third-order valence-corrected chi connectivity index (χ3v) is 4.13. The molecule has 3 amide bonds. The lowest BCUT2D eigenvalue weighted by atomic mass is 10.1. The van der Waals surface area contributed by atoms with Crippen LogP contribution in [0, 0.1) is 20.2 Å². The van der Waals surface area contributed by atoms with Crippen LogP contribution in [0.5, 0.6) is 0 Å². The maximum Gasteiger partial charge on any atom is 0.292 e. The lowest BCUT2D eigenvalue weighted by Gasteiger charge is -2.13. The van der Waals surface area contributed by atoms with Gasteiger partial charge in [0.15, 0.2) is 0 Å². The number of non-ortho nitro benzene ring substituents is 1. The summed E-state index contributed by atoms with van der Waals surface area (Å²) >= 11 is 5.78. The number of imide groups is 1. The SMILES string of the molecule is O=C(CN1C(=O)c2ccc([N+](=O)[O-])cc2C1=O)Nc1cc(Cl)ccc1[N+](=O)[O-]. The summed E-state index contributed by atoms with van der Waals surface area (Å²) in [7, 11) is 0. The Kier molecular flexibility index (Phi) is 4.76. The second kappa shape index (κ2) is 7.04. The topological polar surface area (TPSA) is 153 Å². The number of nitrogens with one attached hydrogen (secondary N) is 1. The van der Waals surface area contributed by atoms with Gasteiger partial charge in [-0.1, -0.05) is 11.6 Å². The van der Waals surface area contributed by atoms with E-state index >= 15 is 0 Å². The van der Waals surface area contributed by atoms with Crippen LogP contribution in [0.15, 0.2) is 36.4 Å². The lowest BCUT2D eigenvalue weighted by Crippen LogP contribution is -2.37. The van der Waals surface area contributed by atoms with Crippen molar-refractivity contribution in [3.05, 3.63) is 72.8 Å². The molecule has 0 radical (unpaired) electrons. The van der Waals surface area contributed by atoms with Gasteiger partial charge in [0, 0.05) is 23.2 Å². The van der Waals surface area contributed by atoms with Crippen molar-refractivity contribution in [3.63, 3.8) is 0 Å². The summed E-state index contributed by atoms with van der Waals surface area (Å²) in [6.45, 7) is -0.732. The van der Waals surface area contributed by atoms with Gasteiger partial charge in [-0.15, -0.1) is 0 Å². The molecule has 12 heteroatoms. The van der Waals surface area contributed by atoms with Crippen molar-refractivity contribution < 1.29 is 24.2 Å². The second-order valence-electron chi connectivity index (χ2n) is 5.65. The number of carbonyl (C=O) groups excluding carboxylic acids is 3. The predicted octanol–water partition coefficient (Wildman–Crippen LogP) is 2.39. The molecular formula is C16H9ClN4O7. The summed E-state index contributed by atoms with van der Waals surface area (Å²) in [5, 5.41) is 24.2. The van der Waals surface area contributed by atoms with Gasteiger partial charge in [0.05, 0.1) is 21.0 Å². The number of nitrogens with zero attached hydrogens (tertiary/aromatic N) is 3. The normalized spacial score (nSPS) is 12.7. The molecule has 142 valence electrons. The van der Waals surface area contributed by atoms with Crippen molar-refractivity contribution in [3.8, 4) is 0 Å². The summed E-state index contributed by atoms with van der Waals surface area (Å²) in [4.78, 5) is 58.0. The number of halogens is 1. The van der Waals surface area contributed by atoms with Crippen LogP contribution in [-0.4, -0.2) is 39.0 Å². The Hall–Kier alpha value is -3.86. The number of amides is 3. The number of nitro groups is 2. The van der Waals surface area contributed by atoms with Gasteiger partial charge in [0.2, 0.25) is 5.91 Å². The zero-order valence-corrected chi connectivity index (χ0v) is 14.5. The average molecular weight is 405 g/mol. The van der Waals surface area contributed by atoms with E-state index < -0.39 is 39.8 Å². The average Bonchev–Trinajstić information content (AvgIpc) is 2.86. The van der Waals surface area contributed by atoms with Gasteiger partial charge in [-0.2, -0.15) is 0 Å². The summed E-state index contributed by atoms with van der Waals surface area (Å²) in [6, 6.07) is 6.68. The van der Waals surface area contributed by atoms with Gasteiger partial charge in [-0.25, -0.2) is 0 Å². The third-order valence-electron chi connectivity index (χ3n) is 3.90. The first-order chi connectivity index (χ1) is 13.2. The quantitative estimate of drug-likeness (QED) is 0.456. The van der Waals surface area contributed by atoms with E-state index in [1.54, 1.807) is 0 Å². The smallest absolute Gasteiger partial charge is 0.292 e. The molecule has 1 aliphatic heterocycles. The van der Waals surface area contributed by atoms with Crippen LogP contribution in [0.3, 0.4) is 0 Å². The highest BCUT2D eigenvalue weighted by atomic mass is 35.5. The van der Waals surface area contributed by atoms with E-state index in [0.717, 1.165) is 30.3 Å². The molecule has 0 unspecified atom stereocenters. The Morgan fingerprint density at radius 2 is 1.68 bits per heavy atom. The Labute approximate surface area is 160 Å². The monoisotopic (exact) mass is 404 g/mol. The molecule has 2 aromatic carbocycles. The highest BCUT2D eigenvalue weighted by Crippen LogP contribution is 2.29. The molecule has 0 aliphatic carbocycles. The number of hydrogen-bond acceptors (Lipinski definition) is 7. The highest BCUT2D eigenvalue weighted by molar-refractivity contribution is 6.31. The van der Waals surface area contributed by atoms with E-state index in [9.17, 15) is 34.6 Å². The van der Waals surface area contributed by atoms with E-state index in [1.807, 2.05) is 0 Å². The minimum atomic E-state index is -0.880. The first kappa shape index (κ1) is 18.9. The fourth-order valence-corrected chi connectivity index (χ4v) is 2.81. The van der Waals surface area contributed by atoms with E-state index in [-0.39, 0.29) is 27.5 Å². The standard InChI is InChI=1S/C16H9ClN4O7/c17-8-1-4-13(21(27)28)12(5-8)18-14(22)7-19-15(23)10-3-2-9(20(25)26)6-11(10)16(19)24/h1-6H,7H2,(H,18,22). The molecular weight excluding hydrogens is 396 g/mol. The van der Waals surface area contributed by atoms with Crippen LogP contribution >= 0.6 is 11.6 Å². The summed E-state index contributed by atoms with van der Waals surface area (Å²) in [6.07, 6.45) is 0. The number of rotatable bonds is 5. The molecule has 2 aromatic rings. The van der Waals surface area contributed by atoms with Crippen LogP contribution < -0.4 is 5.32 Å². The van der Waals surface area contributed by atoms with Crippen LogP contribution in [0.4, 0.5) is 17.1 Å². The zero-order chi connectivity index (χ0) is 20.6. The molecule has 3 rings (SSSR count). The van der Waals surface area contributed by atoms with Crippen molar-refractivity contribution in [2.45, 2.75) is 0 Å². The largest absolute Gasteiger partial charge is 0.319 e. The molecule has 11 nitrogen and oxygen atoms in total. The van der Waals surface area contributed by atoms with Crippen molar-refractivity contribution in [2.75, 3.05) is 11.9 Å². The minimum absolute atomic E-state index is 0.0721. The molecule has 0 spiro atoms. The molecule has 1 heterocycles. The Balaban J connectivity index is 1.81. The van der Waals surface area contributed by atoms with E-state index in [4.69, 9.17) is 11.6 Å². The van der Waals surface area contributed by atoms with Crippen molar-refractivity contribution in [1.82, 2.24) is 4.90 Å². The summed E-state index contributed by atoms with van der Waals surface area (Å²) in [5.41, 5.74) is -1.26. The van der Waals surface area contributed by atoms with Crippen LogP contribution in [-0.2, 0) is 4.79 Å². The molecule has 0 aromatic heterocycles. The second-order valence-corrected chi connectivity index (χ2v) is 6.09. The van der Waals surface area contributed by atoms with Gasteiger partial charge in [-0.3, -0.25) is 39.5 Å². The fraction of sp³-hybridized carbons (Fsp3) is 0.0625. The Morgan fingerprint density at radius 1 is 1.00 bits per heavy atom. The van der Waals surface area contributed by atoms with Crippen LogP contribution in [0.25, 0.3) is 0 Å². The van der Waals surface area contributed by atoms with Gasteiger partial charge in [-0.05, 0) is 18.2 Å². The maximum absolute atomic E-state index is 12.4. The predicted molar refractivity (Wildman–Crippen MR) is 95.2 cm³/mol. The first-order valence-corrected chi connectivity index (χ1v) is 7.95. The molecule has 1 aliphatic rings. The van der Waals surface area contributed by atoms with Gasteiger partial charge < -0.3 is 5.32 Å². The Bertz CT molecular complexity index is 1070.